The maximum Gasteiger partial charge on any atom is 0.305 e. The second-order valence-electron chi connectivity index (χ2n) is 13.1. The Kier molecular flexibility index (Phi) is 8.25. The first-order valence-corrected chi connectivity index (χ1v) is 16.2. The first-order chi connectivity index (χ1) is 19.8. The number of H-pyrrole nitrogens is 1. The van der Waals surface area contributed by atoms with Crippen LogP contribution >= 0.6 is 11.3 Å². The average Bonchev–Trinajstić information content (AvgIpc) is 3.33. The number of primary amides is 1. The van der Waals surface area contributed by atoms with Gasteiger partial charge in [-0.25, -0.2) is 0 Å². The van der Waals surface area contributed by atoms with Gasteiger partial charge < -0.3 is 20.7 Å². The number of phenolic OH excluding ortho intramolecular Hbond substituents is 1. The van der Waals surface area contributed by atoms with Crippen LogP contribution < -0.4 is 10.6 Å². The lowest BCUT2D eigenvalue weighted by molar-refractivity contribution is -0.118. The number of nitrogens with zero attached hydrogens (tertiary/aromatic N) is 2. The van der Waals surface area contributed by atoms with Crippen LogP contribution in [0.4, 0.5) is 0 Å². The number of aromatic amines is 1. The Morgan fingerprint density at radius 1 is 0.951 bits per heavy atom. The largest absolute Gasteiger partial charge is 0.506 e. The fraction of sp³-hybridized carbons (Fsp3) is 0.576. The Morgan fingerprint density at radius 3 is 2.29 bits per heavy atom. The van der Waals surface area contributed by atoms with Crippen LogP contribution in [-0.2, 0) is 17.6 Å². The lowest BCUT2D eigenvalue weighted by Crippen LogP contribution is -2.61. The highest BCUT2D eigenvalue weighted by atomic mass is 32.1. The van der Waals surface area contributed by atoms with Crippen molar-refractivity contribution < 1.29 is 9.90 Å². The maximum atomic E-state index is 12.1. The first kappa shape index (κ1) is 28.4. The van der Waals surface area contributed by atoms with Crippen LogP contribution in [0.15, 0.2) is 41.2 Å². The molecule has 4 aliphatic carbocycles. The molecule has 1 heterocycles. The summed E-state index contributed by atoms with van der Waals surface area (Å²) in [6, 6.07) is 12.4. The molecule has 4 N–H and O–H groups in total. The number of phenols is 1. The van der Waals surface area contributed by atoms with Crippen LogP contribution in [0.2, 0.25) is 0 Å². The van der Waals surface area contributed by atoms with Gasteiger partial charge in [0, 0.05) is 44.7 Å². The number of hydrogen-bond acceptors (Lipinski definition) is 6. The van der Waals surface area contributed by atoms with Crippen molar-refractivity contribution in [3.8, 4) is 5.75 Å². The van der Waals surface area contributed by atoms with Crippen LogP contribution in [0.3, 0.4) is 0 Å². The molecule has 0 saturated heterocycles. The minimum absolute atomic E-state index is 0.126. The van der Waals surface area contributed by atoms with E-state index in [-0.39, 0.29) is 22.1 Å². The van der Waals surface area contributed by atoms with Crippen LogP contribution in [0, 0.1) is 24.7 Å². The van der Waals surface area contributed by atoms with Crippen molar-refractivity contribution in [3.63, 3.8) is 0 Å². The number of aromatic nitrogens is 1. The van der Waals surface area contributed by atoms with Crippen molar-refractivity contribution in [1.29, 1.82) is 0 Å². The van der Waals surface area contributed by atoms with Crippen molar-refractivity contribution in [3.05, 3.63) is 62.8 Å². The monoisotopic (exact) mass is 576 g/mol. The SMILES string of the molecule is Cc1ccc(CCN(CCC(N)=O)CCN(CCc2ccc(O)c3[nH]c(=O)sc23)C23CC4CC(CC(C4)C2)C3)cc1. The number of aryl methyl sites for hydroxylation is 1. The van der Waals surface area contributed by atoms with Gasteiger partial charge in [0.25, 0.3) is 0 Å². The number of carbonyl (C=O) groups excluding carboxylic acids is 1. The molecule has 4 aliphatic rings. The number of nitrogens with one attached hydrogen (secondary N) is 1. The van der Waals surface area contributed by atoms with E-state index in [2.05, 4.69) is 46.0 Å². The number of thiazole rings is 1. The van der Waals surface area contributed by atoms with Gasteiger partial charge in [-0.3, -0.25) is 14.5 Å². The van der Waals surface area contributed by atoms with E-state index in [0.717, 1.165) is 67.0 Å². The van der Waals surface area contributed by atoms with E-state index in [1.165, 1.54) is 61.0 Å². The highest BCUT2D eigenvalue weighted by Crippen LogP contribution is 2.57. The molecule has 0 atom stereocenters. The molecule has 7 nitrogen and oxygen atoms in total. The van der Waals surface area contributed by atoms with Gasteiger partial charge in [0.15, 0.2) is 0 Å². The van der Waals surface area contributed by atoms with Gasteiger partial charge >= 0.3 is 4.87 Å². The number of rotatable bonds is 13. The van der Waals surface area contributed by atoms with E-state index in [9.17, 15) is 14.7 Å². The van der Waals surface area contributed by atoms with Crippen LogP contribution in [0.1, 0.15) is 61.6 Å². The molecule has 0 aliphatic heterocycles. The zero-order valence-corrected chi connectivity index (χ0v) is 25.1. The standard InChI is InChI=1S/C33H44N4O3S/c1-22-2-4-23(5-3-22)8-11-36(12-10-29(34)39)14-15-37(33-19-24-16-25(20-33)18-26(17-24)21-33)13-9-27-6-7-28(38)30-31(27)41-32(40)35-30/h2-7,24-26,38H,8-21H2,1H3,(H2,34,39)(H,35,40). The van der Waals surface area contributed by atoms with Crippen LogP contribution in [0.5, 0.6) is 5.75 Å². The Bertz CT molecular complexity index is 1390. The molecule has 0 spiro atoms. The molecular formula is C33H44N4O3S. The summed E-state index contributed by atoms with van der Waals surface area (Å²) in [5, 5.41) is 10.3. The van der Waals surface area contributed by atoms with Crippen molar-refractivity contribution in [1.82, 2.24) is 14.8 Å². The molecule has 7 rings (SSSR count). The highest BCUT2D eigenvalue weighted by molar-refractivity contribution is 7.16. The van der Waals surface area contributed by atoms with Crippen LogP contribution in [-0.4, -0.2) is 64.1 Å². The van der Waals surface area contributed by atoms with E-state index < -0.39 is 0 Å². The summed E-state index contributed by atoms with van der Waals surface area (Å²) in [5.74, 6) is 2.45. The predicted molar refractivity (Wildman–Crippen MR) is 165 cm³/mol. The quantitative estimate of drug-likeness (QED) is 0.270. The molecule has 41 heavy (non-hydrogen) atoms. The van der Waals surface area contributed by atoms with E-state index in [1.54, 1.807) is 6.07 Å². The van der Waals surface area contributed by atoms with Crippen molar-refractivity contribution in [2.75, 3.05) is 32.7 Å². The fourth-order valence-corrected chi connectivity index (χ4v) is 9.37. The lowest BCUT2D eigenvalue weighted by atomic mass is 9.52. The number of hydrogen-bond donors (Lipinski definition) is 3. The van der Waals surface area contributed by atoms with E-state index in [4.69, 9.17) is 5.73 Å². The molecule has 1 amide bonds. The Labute approximate surface area is 246 Å². The molecule has 0 radical (unpaired) electrons. The fourth-order valence-electron chi connectivity index (χ4n) is 8.47. The molecule has 8 heteroatoms. The van der Waals surface area contributed by atoms with Gasteiger partial charge in [-0.2, -0.15) is 0 Å². The van der Waals surface area contributed by atoms with Gasteiger partial charge in [0.1, 0.15) is 11.3 Å². The Morgan fingerprint density at radius 2 is 1.63 bits per heavy atom. The molecule has 4 fully saturated rings. The Hall–Kier alpha value is -2.68. The number of aromatic hydroxyl groups is 1. The van der Waals surface area contributed by atoms with Gasteiger partial charge in [0.05, 0.1) is 4.70 Å². The summed E-state index contributed by atoms with van der Waals surface area (Å²) in [6.45, 7) is 6.50. The first-order valence-electron chi connectivity index (χ1n) is 15.4. The van der Waals surface area contributed by atoms with E-state index in [1.807, 2.05) is 6.07 Å². The third-order valence-corrected chi connectivity index (χ3v) is 11.1. The normalized spacial score (nSPS) is 25.1. The van der Waals surface area contributed by atoms with Gasteiger partial charge in [0.2, 0.25) is 5.91 Å². The summed E-state index contributed by atoms with van der Waals surface area (Å²) in [6.07, 6.45) is 10.3. The molecule has 220 valence electrons. The molecule has 3 aromatic rings. The minimum atomic E-state index is -0.245. The zero-order valence-electron chi connectivity index (χ0n) is 24.2. The summed E-state index contributed by atoms with van der Waals surface area (Å²) < 4.78 is 0.877. The van der Waals surface area contributed by atoms with E-state index in [0.29, 0.717) is 18.5 Å². The minimum Gasteiger partial charge on any atom is -0.506 e. The van der Waals surface area contributed by atoms with Crippen LogP contribution in [0.25, 0.3) is 10.2 Å². The van der Waals surface area contributed by atoms with Crippen molar-refractivity contribution in [2.24, 2.45) is 23.5 Å². The van der Waals surface area contributed by atoms with Gasteiger partial charge in [-0.05, 0) is 93.2 Å². The average molecular weight is 577 g/mol. The van der Waals surface area contributed by atoms with Crippen molar-refractivity contribution in [2.45, 2.75) is 70.3 Å². The summed E-state index contributed by atoms with van der Waals surface area (Å²) >= 11 is 1.20. The van der Waals surface area contributed by atoms with Crippen molar-refractivity contribution >= 4 is 27.5 Å². The number of amides is 1. The number of fused-ring (bicyclic) bond motifs is 1. The third-order valence-electron chi connectivity index (χ3n) is 10.2. The third kappa shape index (κ3) is 6.40. The Balaban J connectivity index is 1.20. The lowest BCUT2D eigenvalue weighted by Gasteiger charge is -2.61. The molecular weight excluding hydrogens is 532 g/mol. The molecule has 2 aromatic carbocycles. The molecule has 0 unspecified atom stereocenters. The number of benzene rings is 2. The highest BCUT2D eigenvalue weighted by Gasteiger charge is 2.53. The maximum absolute atomic E-state index is 12.1. The summed E-state index contributed by atoms with van der Waals surface area (Å²) in [4.78, 5) is 31.7. The topological polar surface area (TPSA) is 103 Å². The number of nitrogens with two attached hydrogens (primary N) is 1. The van der Waals surface area contributed by atoms with Gasteiger partial charge in [-0.1, -0.05) is 47.2 Å². The smallest absolute Gasteiger partial charge is 0.305 e. The van der Waals surface area contributed by atoms with Gasteiger partial charge in [-0.15, -0.1) is 0 Å². The second-order valence-corrected chi connectivity index (χ2v) is 14.1. The second kappa shape index (κ2) is 11.9. The molecule has 1 aromatic heterocycles. The predicted octanol–water partition coefficient (Wildman–Crippen LogP) is 4.84. The zero-order chi connectivity index (χ0) is 28.6. The van der Waals surface area contributed by atoms with E-state index >= 15 is 0 Å². The molecule has 4 bridgehead atoms. The number of carbonyl (C=O) groups is 1. The summed E-state index contributed by atoms with van der Waals surface area (Å²) in [7, 11) is 0. The summed E-state index contributed by atoms with van der Waals surface area (Å²) in [5.41, 5.74) is 10.1. The molecule has 4 saturated carbocycles.